The molecular weight excluding hydrogens is 511 g/mol. The minimum absolute atomic E-state index is 0.00762. The molecule has 0 bridgehead atoms. The van der Waals surface area contributed by atoms with Gasteiger partial charge >= 0.3 is 13.6 Å². The highest BCUT2D eigenvalue weighted by Crippen LogP contribution is 2.48. The molecule has 2 aromatic rings. The van der Waals surface area contributed by atoms with Crippen LogP contribution in [0.15, 0.2) is 72.5 Å². The predicted octanol–water partition coefficient (Wildman–Crippen LogP) is 5.33. The van der Waals surface area contributed by atoms with Gasteiger partial charge in [0.25, 0.3) is 0 Å². The Labute approximate surface area is 230 Å². The predicted molar refractivity (Wildman–Crippen MR) is 157 cm³/mol. The molecule has 2 aliphatic heterocycles. The fourth-order valence-electron chi connectivity index (χ4n) is 5.89. The number of rotatable bonds is 8. The Morgan fingerprint density at radius 2 is 1.69 bits per heavy atom. The van der Waals surface area contributed by atoms with Crippen LogP contribution in [0.2, 0.25) is 0 Å². The van der Waals surface area contributed by atoms with E-state index in [0.29, 0.717) is 0 Å². The number of likely N-dealkylation sites (N-methyl/N-ethyl adjacent to an activating group) is 1. The molecule has 0 spiro atoms. The first kappa shape index (κ1) is 28.8. The number of carbonyl (C=O) groups is 1. The van der Waals surface area contributed by atoms with E-state index in [9.17, 15) is 24.3 Å². The summed E-state index contributed by atoms with van der Waals surface area (Å²) in [6.07, 6.45) is 10.2. The molecule has 0 fully saturated rings. The third kappa shape index (κ3) is 5.19. The van der Waals surface area contributed by atoms with Crippen molar-refractivity contribution in [2.75, 3.05) is 18.0 Å². The Morgan fingerprint density at radius 3 is 2.31 bits per heavy atom. The number of nitrogens with zero attached hydrogens (tertiary/aromatic N) is 2. The van der Waals surface area contributed by atoms with Crippen molar-refractivity contribution >= 4 is 36.0 Å². The quantitative estimate of drug-likeness (QED) is 0.234. The first-order valence-electron chi connectivity index (χ1n) is 13.3. The molecule has 0 radical (unpaired) electrons. The summed E-state index contributed by atoms with van der Waals surface area (Å²) < 4.78 is 14.1. The van der Waals surface area contributed by atoms with Crippen molar-refractivity contribution in [1.29, 1.82) is 0 Å². The maximum atomic E-state index is 11.9. The molecule has 3 N–H and O–H groups in total. The van der Waals surface area contributed by atoms with Gasteiger partial charge in [-0.1, -0.05) is 38.1 Å². The van der Waals surface area contributed by atoms with Crippen LogP contribution >= 0.6 is 7.60 Å². The molecule has 4 rings (SSSR count). The monoisotopic (exact) mass is 549 g/mol. The lowest BCUT2D eigenvalue weighted by atomic mass is 9.80. The summed E-state index contributed by atoms with van der Waals surface area (Å²) in [6, 6.07) is 10.9. The number of hydrogen-bond donors (Lipinski definition) is 3. The van der Waals surface area contributed by atoms with E-state index in [-0.39, 0.29) is 17.1 Å². The lowest BCUT2D eigenvalue weighted by Gasteiger charge is -2.25. The Kier molecular flexibility index (Phi) is 7.65. The average molecular weight is 550 g/mol. The number of carboxylic acid groups (broad SMARTS) is 1. The molecule has 7 nitrogen and oxygen atoms in total. The van der Waals surface area contributed by atoms with Crippen LogP contribution in [0.3, 0.4) is 0 Å². The zero-order chi connectivity index (χ0) is 28.8. The number of hydrogen-bond acceptors (Lipinski definition) is 3. The van der Waals surface area contributed by atoms with Gasteiger partial charge in [-0.2, -0.15) is 4.58 Å². The summed E-state index contributed by atoms with van der Waals surface area (Å²) >= 11 is 0. The molecule has 0 aliphatic carbocycles. The van der Waals surface area contributed by atoms with E-state index in [2.05, 4.69) is 63.2 Å². The van der Waals surface area contributed by atoms with E-state index in [1.165, 1.54) is 6.07 Å². The number of carboxylic acids is 1. The van der Waals surface area contributed by atoms with Gasteiger partial charge in [0, 0.05) is 41.1 Å². The fraction of sp³-hybridized carbons (Fsp3) is 0.355. The lowest BCUT2D eigenvalue weighted by Crippen LogP contribution is -2.27. The first-order chi connectivity index (χ1) is 18.2. The van der Waals surface area contributed by atoms with Crippen LogP contribution < -0.4 is 10.2 Å². The van der Waals surface area contributed by atoms with Crippen LogP contribution in [0.5, 0.6) is 0 Å². The van der Waals surface area contributed by atoms with Crippen molar-refractivity contribution in [1.82, 2.24) is 0 Å². The molecule has 0 unspecified atom stereocenters. The first-order valence-corrected chi connectivity index (χ1v) is 14.9. The van der Waals surface area contributed by atoms with Crippen LogP contribution in [-0.4, -0.2) is 44.2 Å². The third-order valence-electron chi connectivity index (χ3n) is 7.89. The van der Waals surface area contributed by atoms with Crippen molar-refractivity contribution in [3.8, 4) is 0 Å². The molecule has 0 saturated heterocycles. The van der Waals surface area contributed by atoms with Crippen LogP contribution in [0.25, 0.3) is 0 Å². The van der Waals surface area contributed by atoms with Crippen molar-refractivity contribution in [3.63, 3.8) is 0 Å². The van der Waals surface area contributed by atoms with Gasteiger partial charge in [0.15, 0.2) is 5.71 Å². The number of fused-ring (bicyclic) bond motifs is 2. The summed E-state index contributed by atoms with van der Waals surface area (Å²) in [4.78, 5) is 32.8. The largest absolute Gasteiger partial charge is 0.481 e. The second-order valence-corrected chi connectivity index (χ2v) is 12.7. The van der Waals surface area contributed by atoms with Gasteiger partial charge in [-0.15, -0.1) is 0 Å². The zero-order valence-corrected chi connectivity index (χ0v) is 24.4. The van der Waals surface area contributed by atoms with Crippen LogP contribution in [0.1, 0.15) is 58.2 Å². The SMILES string of the molecule is CCN1/C(=C/C=C/C=C/C2=[N+](CC)c3ccc(CC(=O)O)cc3C2(C)C)C(C)(C)c2cc(P(=O)(O)O)ccc21. The van der Waals surface area contributed by atoms with Gasteiger partial charge in [0.2, 0.25) is 5.69 Å². The van der Waals surface area contributed by atoms with Crippen LogP contribution in [0.4, 0.5) is 11.4 Å². The molecule has 2 heterocycles. The second-order valence-electron chi connectivity index (χ2n) is 11.1. The number of benzene rings is 2. The van der Waals surface area contributed by atoms with Gasteiger partial charge in [0.1, 0.15) is 6.54 Å². The lowest BCUT2D eigenvalue weighted by molar-refractivity contribution is -0.433. The molecular formula is C31H38N2O5P+. The highest BCUT2D eigenvalue weighted by atomic mass is 31.2. The van der Waals surface area contributed by atoms with Gasteiger partial charge in [-0.3, -0.25) is 9.36 Å². The molecule has 2 aliphatic rings. The summed E-state index contributed by atoms with van der Waals surface area (Å²) in [5.74, 6) is -0.834. The average Bonchev–Trinajstić information content (AvgIpc) is 3.20. The van der Waals surface area contributed by atoms with Crippen LogP contribution in [-0.2, 0) is 26.6 Å². The van der Waals surface area contributed by atoms with E-state index in [1.807, 2.05) is 36.4 Å². The number of anilines is 1. The Balaban J connectivity index is 1.61. The molecule has 0 aromatic heterocycles. The maximum Gasteiger partial charge on any atom is 0.356 e. The van der Waals surface area contributed by atoms with Gasteiger partial charge in [-0.05, 0) is 69.2 Å². The van der Waals surface area contributed by atoms with Crippen molar-refractivity contribution in [2.24, 2.45) is 0 Å². The number of aliphatic carboxylic acids is 1. The van der Waals surface area contributed by atoms with Gasteiger partial charge in [0.05, 0.1) is 17.1 Å². The van der Waals surface area contributed by atoms with Crippen LogP contribution in [0, 0.1) is 0 Å². The van der Waals surface area contributed by atoms with Crippen molar-refractivity contribution in [2.45, 2.75) is 58.8 Å². The fourth-order valence-corrected chi connectivity index (χ4v) is 6.46. The normalized spacial score (nSPS) is 19.0. The summed E-state index contributed by atoms with van der Waals surface area (Å²) in [5, 5.41) is 9.27. The summed E-state index contributed by atoms with van der Waals surface area (Å²) in [5.41, 5.74) is 6.45. The standard InChI is InChI=1S/C31H37N2O5P/c1-7-32-25-16-14-21(19-29(34)35)18-23(25)30(3,4)27(32)12-10-9-11-13-28-31(5,6)24-20-22(39(36,37)38)15-17-26(24)33(28)8-2/h9-18,20H,7-8,19H2,1-6H3,(H2-,34,35,36,37,38)/p+1. The topological polar surface area (TPSA) is 101 Å². The molecule has 0 atom stereocenters. The summed E-state index contributed by atoms with van der Waals surface area (Å²) in [7, 11) is -4.34. The van der Waals surface area contributed by atoms with E-state index in [4.69, 9.17) is 0 Å². The highest BCUT2D eigenvalue weighted by molar-refractivity contribution is 7.60. The Bertz CT molecular complexity index is 1490. The Morgan fingerprint density at radius 1 is 0.974 bits per heavy atom. The van der Waals surface area contributed by atoms with Gasteiger partial charge < -0.3 is 19.8 Å². The van der Waals surface area contributed by atoms with E-state index < -0.39 is 19.0 Å². The molecule has 8 heteroatoms. The second kappa shape index (κ2) is 10.4. The number of allylic oxidation sites excluding steroid dienone is 6. The van der Waals surface area contributed by atoms with Crippen molar-refractivity contribution in [3.05, 3.63) is 89.2 Å². The smallest absolute Gasteiger partial charge is 0.356 e. The molecule has 0 saturated carbocycles. The third-order valence-corrected chi connectivity index (χ3v) is 8.84. The maximum absolute atomic E-state index is 11.9. The highest BCUT2D eigenvalue weighted by Gasteiger charge is 2.44. The Hall–Kier alpha value is -3.25. The summed E-state index contributed by atoms with van der Waals surface area (Å²) in [6.45, 7) is 14.2. The van der Waals surface area contributed by atoms with E-state index in [0.717, 1.165) is 52.6 Å². The van der Waals surface area contributed by atoms with E-state index >= 15 is 0 Å². The van der Waals surface area contributed by atoms with Crippen molar-refractivity contribution < 1.29 is 28.8 Å². The van der Waals surface area contributed by atoms with E-state index in [1.54, 1.807) is 12.1 Å². The molecule has 0 amide bonds. The minimum atomic E-state index is -4.34. The van der Waals surface area contributed by atoms with Gasteiger partial charge in [-0.25, -0.2) is 0 Å². The molecule has 2 aromatic carbocycles. The molecule has 39 heavy (non-hydrogen) atoms. The molecule has 206 valence electrons. The minimum Gasteiger partial charge on any atom is -0.481 e. The zero-order valence-electron chi connectivity index (χ0n) is 23.5.